The van der Waals surface area contributed by atoms with E-state index in [0.29, 0.717) is 40.8 Å². The third-order valence-electron chi connectivity index (χ3n) is 5.12. The number of carbonyl (C=O) groups excluding carboxylic acids is 2. The van der Waals surface area contributed by atoms with E-state index in [4.69, 9.17) is 0 Å². The monoisotopic (exact) mass is 528 g/mol. The number of hydrogen-bond donors (Lipinski definition) is 2. The molecule has 0 aliphatic carbocycles. The van der Waals surface area contributed by atoms with Gasteiger partial charge in [0, 0.05) is 24.4 Å². The van der Waals surface area contributed by atoms with Gasteiger partial charge in [0.2, 0.25) is 11.8 Å². The molecular weight excluding hydrogens is 505 g/mol. The highest BCUT2D eigenvalue weighted by molar-refractivity contribution is 7.15. The topological polar surface area (TPSA) is 111 Å². The first-order valence-electron chi connectivity index (χ1n) is 10.9. The van der Waals surface area contributed by atoms with Crippen molar-refractivity contribution < 1.29 is 22.8 Å². The van der Waals surface area contributed by atoms with Crippen LogP contribution in [-0.2, 0) is 15.8 Å². The molecule has 12 heteroatoms. The molecule has 0 spiro atoms. The summed E-state index contributed by atoms with van der Waals surface area (Å²) in [4.78, 5) is 33.6. The second kappa shape index (κ2) is 11.8. The number of carbonyl (C=O) groups is 2. The number of anilines is 2. The second-order valence-electron chi connectivity index (χ2n) is 8.25. The molecule has 2 amide bonds. The van der Waals surface area contributed by atoms with Crippen LogP contribution >= 0.6 is 11.3 Å². The van der Waals surface area contributed by atoms with Gasteiger partial charge >= 0.3 is 6.18 Å². The van der Waals surface area contributed by atoms with Gasteiger partial charge in [-0.2, -0.15) is 18.4 Å². The first kappa shape index (κ1) is 27.5. The third-order valence-corrected chi connectivity index (χ3v) is 6.08. The number of nitriles is 1. The number of amides is 2. The molecule has 0 fully saturated rings. The first-order chi connectivity index (χ1) is 17.5. The van der Waals surface area contributed by atoms with Crippen molar-refractivity contribution in [1.82, 2.24) is 14.9 Å². The van der Waals surface area contributed by atoms with Crippen molar-refractivity contribution in [2.24, 2.45) is 0 Å². The van der Waals surface area contributed by atoms with E-state index in [2.05, 4.69) is 20.6 Å². The molecule has 1 atom stereocenters. The summed E-state index contributed by atoms with van der Waals surface area (Å²) in [6, 6.07) is 10.5. The Balaban J connectivity index is 1.75. The molecule has 192 valence electrons. The van der Waals surface area contributed by atoms with Crippen molar-refractivity contribution in [2.75, 3.05) is 31.3 Å². The fourth-order valence-corrected chi connectivity index (χ4v) is 3.84. The maximum atomic E-state index is 12.8. The number of thiazole rings is 1. The summed E-state index contributed by atoms with van der Waals surface area (Å²) in [6.45, 7) is 2.20. The Morgan fingerprint density at radius 1 is 1.16 bits per heavy atom. The zero-order valence-electron chi connectivity index (χ0n) is 20.1. The number of benzene rings is 1. The van der Waals surface area contributed by atoms with Gasteiger partial charge in [0.15, 0.2) is 10.9 Å². The minimum absolute atomic E-state index is 0.122. The van der Waals surface area contributed by atoms with E-state index in [-0.39, 0.29) is 16.5 Å². The number of alkyl halides is 3. The lowest BCUT2D eigenvalue weighted by Crippen LogP contribution is -2.18. The van der Waals surface area contributed by atoms with Gasteiger partial charge in [0.05, 0.1) is 17.7 Å². The smallest absolute Gasteiger partial charge is 0.306 e. The van der Waals surface area contributed by atoms with Crippen molar-refractivity contribution in [3.05, 3.63) is 70.9 Å². The van der Waals surface area contributed by atoms with Crippen molar-refractivity contribution in [3.8, 4) is 17.2 Å². The molecule has 3 aromatic rings. The Morgan fingerprint density at radius 2 is 1.92 bits per heavy atom. The number of aromatic nitrogens is 2. The van der Waals surface area contributed by atoms with Crippen LogP contribution in [0.1, 0.15) is 28.8 Å². The summed E-state index contributed by atoms with van der Waals surface area (Å²) in [5, 5.41) is 14.4. The normalized spacial score (nSPS) is 12.4. The number of hydrogen-bond acceptors (Lipinski definition) is 7. The van der Waals surface area contributed by atoms with E-state index in [1.54, 1.807) is 43.3 Å². The number of rotatable bonds is 8. The van der Waals surface area contributed by atoms with Crippen LogP contribution in [0.4, 0.5) is 24.1 Å². The Kier molecular flexibility index (Phi) is 8.75. The highest BCUT2D eigenvalue weighted by Gasteiger charge is 2.33. The Hall–Kier alpha value is -4.08. The van der Waals surface area contributed by atoms with Gasteiger partial charge in [0.1, 0.15) is 10.9 Å². The first-order valence-corrected chi connectivity index (χ1v) is 11.8. The minimum atomic E-state index is -4.53. The van der Waals surface area contributed by atoms with Crippen LogP contribution < -0.4 is 10.6 Å². The number of nitrogens with one attached hydrogen (secondary N) is 2. The molecule has 3 rings (SSSR count). The molecule has 0 radical (unpaired) electrons. The quantitative estimate of drug-likeness (QED) is 0.403. The lowest BCUT2D eigenvalue weighted by molar-refractivity contribution is -0.134. The van der Waals surface area contributed by atoms with Crippen molar-refractivity contribution in [1.29, 1.82) is 5.26 Å². The molecule has 0 saturated heterocycles. The van der Waals surface area contributed by atoms with Gasteiger partial charge in [-0.25, -0.2) is 9.97 Å². The molecule has 1 unspecified atom stereocenters. The number of halogens is 3. The van der Waals surface area contributed by atoms with E-state index in [0.717, 1.165) is 0 Å². The van der Waals surface area contributed by atoms with Gasteiger partial charge in [-0.3, -0.25) is 9.59 Å². The summed E-state index contributed by atoms with van der Waals surface area (Å²) in [5.74, 6) is -1.51. The third kappa shape index (κ3) is 7.45. The highest BCUT2D eigenvalue weighted by Crippen LogP contribution is 2.35. The summed E-state index contributed by atoms with van der Waals surface area (Å²) in [7, 11) is 3.74. The Bertz CT molecular complexity index is 1360. The average Bonchev–Trinajstić information content (AvgIpc) is 3.33. The highest BCUT2D eigenvalue weighted by atomic mass is 32.1. The van der Waals surface area contributed by atoms with Gasteiger partial charge in [-0.15, -0.1) is 0 Å². The van der Waals surface area contributed by atoms with Crippen LogP contribution in [0.25, 0.3) is 11.1 Å². The number of nitrogens with zero attached hydrogens (tertiary/aromatic N) is 4. The molecule has 1 aromatic carbocycles. The fraction of sp³-hybridized carbons (Fsp3) is 0.240. The molecule has 2 N–H and O–H groups in total. The average molecular weight is 529 g/mol. The lowest BCUT2D eigenvalue weighted by Gasteiger charge is -2.13. The van der Waals surface area contributed by atoms with Gasteiger partial charge in [-0.1, -0.05) is 41.7 Å². The van der Waals surface area contributed by atoms with Crippen molar-refractivity contribution in [3.63, 3.8) is 0 Å². The van der Waals surface area contributed by atoms with E-state index in [1.807, 2.05) is 25.1 Å². The van der Waals surface area contributed by atoms with Crippen LogP contribution in [0.2, 0.25) is 0 Å². The second-order valence-corrected chi connectivity index (χ2v) is 9.28. The minimum Gasteiger partial charge on any atom is -0.306 e. The number of likely N-dealkylation sites (N-methyl/N-ethyl adjacent to an activating group) is 1. The van der Waals surface area contributed by atoms with E-state index in [1.165, 1.54) is 12.3 Å². The van der Waals surface area contributed by atoms with E-state index >= 15 is 0 Å². The zero-order chi connectivity index (χ0) is 27.2. The zero-order valence-corrected chi connectivity index (χ0v) is 20.9. The predicted molar refractivity (Wildman–Crippen MR) is 135 cm³/mol. The van der Waals surface area contributed by atoms with Crippen molar-refractivity contribution in [2.45, 2.75) is 19.0 Å². The summed E-state index contributed by atoms with van der Waals surface area (Å²) < 4.78 is 38.4. The molecule has 0 aliphatic heterocycles. The molecule has 2 aromatic heterocycles. The maximum absolute atomic E-state index is 12.8. The molecule has 2 heterocycles. The van der Waals surface area contributed by atoms with Crippen LogP contribution in [0.15, 0.2) is 54.9 Å². The van der Waals surface area contributed by atoms with Crippen LogP contribution in [-0.4, -0.2) is 47.3 Å². The Labute approximate surface area is 215 Å². The maximum Gasteiger partial charge on any atom is 0.427 e. The number of pyridine rings is 1. The van der Waals surface area contributed by atoms with E-state index in [9.17, 15) is 28.0 Å². The molecule has 37 heavy (non-hydrogen) atoms. The Morgan fingerprint density at radius 3 is 2.57 bits per heavy atom. The van der Waals surface area contributed by atoms with Crippen molar-refractivity contribution >= 4 is 34.1 Å². The largest absolute Gasteiger partial charge is 0.427 e. The van der Waals surface area contributed by atoms with Gasteiger partial charge in [0.25, 0.3) is 0 Å². The predicted octanol–water partition coefficient (Wildman–Crippen LogP) is 4.89. The van der Waals surface area contributed by atoms with Gasteiger partial charge < -0.3 is 15.5 Å². The van der Waals surface area contributed by atoms with E-state index < -0.39 is 28.8 Å². The molecule has 0 saturated carbocycles. The van der Waals surface area contributed by atoms with Crippen LogP contribution in [0.3, 0.4) is 0 Å². The van der Waals surface area contributed by atoms with Crippen LogP contribution in [0, 0.1) is 11.3 Å². The molecule has 8 nitrogen and oxygen atoms in total. The molecule has 0 aliphatic rings. The summed E-state index contributed by atoms with van der Waals surface area (Å²) >= 11 is 0.352. The standard InChI is InChI=1S/C25H23F3N6O2S/c1-15(23(36)33-24-31-14-20(37-24)25(26,27)28)16-6-4-7-17(10-16)19-11-18(12-29)22(30-13-19)32-21(35)8-5-9-34(2)3/h4-8,10-11,13-15H,9H2,1-3H3,(H,30,32,35)(H,31,33,36)/b8-5+. The summed E-state index contributed by atoms with van der Waals surface area (Å²) in [5.41, 5.74) is 2.01. The fourth-order valence-electron chi connectivity index (χ4n) is 3.15. The van der Waals surface area contributed by atoms with Gasteiger partial charge in [-0.05, 0) is 38.2 Å². The molecule has 0 bridgehead atoms. The SMILES string of the molecule is CC(C(=O)Nc1ncc(C(F)(F)F)s1)c1cccc(-c2cnc(NC(=O)/C=C/CN(C)C)c(C#N)c2)c1. The van der Waals surface area contributed by atoms with Crippen LogP contribution in [0.5, 0.6) is 0 Å². The summed E-state index contributed by atoms with van der Waals surface area (Å²) in [6.07, 6.45) is 0.693. The lowest BCUT2D eigenvalue weighted by atomic mass is 9.96. The molecular formula is C25H23F3N6O2S.